The summed E-state index contributed by atoms with van der Waals surface area (Å²) in [4.78, 5) is 32.3. The van der Waals surface area contributed by atoms with Crippen LogP contribution in [0.2, 0.25) is 0 Å². The van der Waals surface area contributed by atoms with Gasteiger partial charge in [-0.2, -0.15) is 0 Å². The number of aliphatic hydroxyl groups is 1. The molecule has 8 heteroatoms. The van der Waals surface area contributed by atoms with Crippen LogP contribution >= 0.6 is 0 Å². The molecule has 0 saturated heterocycles. The van der Waals surface area contributed by atoms with Crippen molar-refractivity contribution in [3.8, 4) is 11.8 Å². The maximum Gasteiger partial charge on any atom is 0.344 e. The summed E-state index contributed by atoms with van der Waals surface area (Å²) in [5.74, 6) is 6.55. The van der Waals surface area contributed by atoms with Crippen LogP contribution in [0, 0.1) is 30.6 Å². The molecule has 0 radical (unpaired) electrons. The van der Waals surface area contributed by atoms with Crippen LogP contribution in [-0.4, -0.2) is 62.1 Å². The predicted octanol–water partition coefficient (Wildman–Crippen LogP) is 6.47. The fourth-order valence-electron chi connectivity index (χ4n) is 7.28. The molecule has 8 nitrogen and oxygen atoms in total. The zero-order valence-corrected chi connectivity index (χ0v) is 29.0. The quantitative estimate of drug-likeness (QED) is 0.165. The van der Waals surface area contributed by atoms with Gasteiger partial charge in [-0.1, -0.05) is 93.5 Å². The molecule has 1 fully saturated rings. The molecule has 1 N–H and O–H groups in total. The van der Waals surface area contributed by atoms with E-state index in [1.165, 1.54) is 5.69 Å². The Balaban J connectivity index is 0.000000190. The molecule has 4 aromatic rings. The summed E-state index contributed by atoms with van der Waals surface area (Å²) in [6.07, 6.45) is 10.6. The van der Waals surface area contributed by atoms with Crippen molar-refractivity contribution >= 4 is 22.7 Å². The Bertz CT molecular complexity index is 1740. The number of hydrogen-bond donors (Lipinski definition) is 1. The predicted molar refractivity (Wildman–Crippen MR) is 189 cm³/mol. The van der Waals surface area contributed by atoms with E-state index < -0.39 is 11.6 Å². The number of para-hydroxylation sites is 1. The van der Waals surface area contributed by atoms with Gasteiger partial charge in [0.1, 0.15) is 5.82 Å². The molecule has 0 bridgehead atoms. The van der Waals surface area contributed by atoms with Gasteiger partial charge in [-0.15, -0.1) is 0 Å². The zero-order chi connectivity index (χ0) is 34.1. The highest BCUT2D eigenvalue weighted by atomic mass is 16.5. The average Bonchev–Trinajstić information content (AvgIpc) is 3.67. The molecule has 2 unspecified atom stereocenters. The number of hydrogen-bond acceptors (Lipinski definition) is 6. The maximum atomic E-state index is 13.0. The van der Waals surface area contributed by atoms with Crippen LogP contribution in [0.25, 0.3) is 10.9 Å². The molecule has 0 spiro atoms. The number of Topliss-reactive ketones (excluding diaryl/α,β-unsaturated/α-hetero) is 1. The fourth-order valence-corrected chi connectivity index (χ4v) is 7.28. The molecular formula is C40H50N4O4. The normalized spacial score (nSPS) is 17.5. The lowest BCUT2D eigenvalue weighted by Crippen LogP contribution is -2.45. The number of fused-ring (bicyclic) bond motifs is 3. The van der Waals surface area contributed by atoms with Gasteiger partial charge in [-0.25, -0.2) is 9.78 Å². The topological polar surface area (TPSA) is 89.6 Å². The number of aromatic nitrogens is 3. The first-order valence-electron chi connectivity index (χ1n) is 17.5. The minimum absolute atomic E-state index is 0.0158. The van der Waals surface area contributed by atoms with Crippen LogP contribution in [0.3, 0.4) is 0 Å². The van der Waals surface area contributed by atoms with Crippen LogP contribution < -0.4 is 0 Å². The minimum Gasteiger partial charge on any atom is -0.450 e. The molecule has 254 valence electrons. The van der Waals surface area contributed by atoms with E-state index >= 15 is 0 Å². The van der Waals surface area contributed by atoms with Crippen molar-refractivity contribution in [1.82, 2.24) is 19.0 Å². The van der Waals surface area contributed by atoms with Crippen molar-refractivity contribution in [2.75, 3.05) is 26.2 Å². The lowest BCUT2D eigenvalue weighted by molar-refractivity contribution is -0.174. The second-order valence-corrected chi connectivity index (χ2v) is 13.0. The third kappa shape index (κ3) is 7.59. The van der Waals surface area contributed by atoms with Crippen LogP contribution in [0.4, 0.5) is 0 Å². The van der Waals surface area contributed by atoms with Crippen LogP contribution in [0.5, 0.6) is 0 Å². The Morgan fingerprint density at radius 2 is 1.73 bits per heavy atom. The summed E-state index contributed by atoms with van der Waals surface area (Å²) in [7, 11) is 2.06. The van der Waals surface area contributed by atoms with Gasteiger partial charge < -0.3 is 19.0 Å². The third-order valence-corrected chi connectivity index (χ3v) is 10.2. The Kier molecular flexibility index (Phi) is 11.9. The number of ketones is 1. The van der Waals surface area contributed by atoms with Crippen molar-refractivity contribution in [2.24, 2.45) is 18.9 Å². The van der Waals surface area contributed by atoms with Gasteiger partial charge >= 0.3 is 5.97 Å². The smallest absolute Gasteiger partial charge is 0.344 e. The molecule has 1 saturated carbocycles. The summed E-state index contributed by atoms with van der Waals surface area (Å²) in [6.45, 7) is 9.47. The van der Waals surface area contributed by atoms with Crippen LogP contribution in [0.1, 0.15) is 79.8 Å². The number of benzene rings is 2. The highest BCUT2D eigenvalue weighted by Crippen LogP contribution is 2.40. The third-order valence-electron chi connectivity index (χ3n) is 10.2. The molecule has 0 aliphatic heterocycles. The van der Waals surface area contributed by atoms with Crippen LogP contribution in [0.15, 0.2) is 67.0 Å². The van der Waals surface area contributed by atoms with E-state index in [4.69, 9.17) is 4.74 Å². The molecule has 2 heterocycles. The van der Waals surface area contributed by atoms with Gasteiger partial charge in [-0.3, -0.25) is 9.69 Å². The van der Waals surface area contributed by atoms with Crippen molar-refractivity contribution in [3.63, 3.8) is 0 Å². The molecule has 2 atom stereocenters. The lowest BCUT2D eigenvalue weighted by Gasteiger charge is -2.36. The van der Waals surface area contributed by atoms with Gasteiger partial charge in [0.15, 0.2) is 18.0 Å². The molecule has 2 aliphatic rings. The lowest BCUT2D eigenvalue weighted by atomic mass is 9.73. The number of imidazole rings is 1. The number of ether oxygens (including phenoxy) is 1. The van der Waals surface area contributed by atoms with Gasteiger partial charge in [-0.05, 0) is 57.3 Å². The molecule has 2 aromatic heterocycles. The van der Waals surface area contributed by atoms with E-state index in [-0.39, 0.29) is 24.2 Å². The van der Waals surface area contributed by atoms with Crippen molar-refractivity contribution in [2.45, 2.75) is 77.9 Å². The Labute approximate surface area is 285 Å². The molecule has 48 heavy (non-hydrogen) atoms. The van der Waals surface area contributed by atoms with E-state index in [9.17, 15) is 14.7 Å². The first-order valence-corrected chi connectivity index (χ1v) is 17.5. The van der Waals surface area contributed by atoms with E-state index in [1.54, 1.807) is 6.20 Å². The summed E-state index contributed by atoms with van der Waals surface area (Å²) in [5.41, 5.74) is 2.31. The maximum absolute atomic E-state index is 13.0. The number of aryl methyl sites for hydroxylation is 2. The fraction of sp³-hybridized carbons (Fsp3) is 0.475. The number of esters is 1. The number of carbonyl (C=O) groups is 2. The van der Waals surface area contributed by atoms with Gasteiger partial charge in [0, 0.05) is 60.0 Å². The molecule has 2 aliphatic carbocycles. The van der Waals surface area contributed by atoms with E-state index in [2.05, 4.69) is 63.9 Å². The molecule has 6 rings (SSSR count). The Morgan fingerprint density at radius 3 is 2.42 bits per heavy atom. The minimum atomic E-state index is -1.58. The SMILES string of the molecule is CCN(CC)CC#CCOC(=O)C(O)(c1ccccc1)C1CCCCC1.Cc1nccn1CC1CCc2c(c3ccccc3n2C)C1=O. The zero-order valence-electron chi connectivity index (χ0n) is 29.0. The van der Waals surface area contributed by atoms with Crippen LogP contribution in [-0.2, 0) is 35.1 Å². The monoisotopic (exact) mass is 650 g/mol. The summed E-state index contributed by atoms with van der Waals surface area (Å²) in [6, 6.07) is 17.4. The van der Waals surface area contributed by atoms with E-state index in [1.807, 2.05) is 55.6 Å². The van der Waals surface area contributed by atoms with Crippen molar-refractivity contribution < 1.29 is 19.4 Å². The van der Waals surface area contributed by atoms with Crippen molar-refractivity contribution in [3.05, 3.63) is 89.6 Å². The summed E-state index contributed by atoms with van der Waals surface area (Å²) < 4.78 is 9.65. The van der Waals surface area contributed by atoms with Gasteiger partial charge in [0.05, 0.1) is 6.54 Å². The Morgan fingerprint density at radius 1 is 1.02 bits per heavy atom. The van der Waals surface area contributed by atoms with Crippen molar-refractivity contribution in [1.29, 1.82) is 0 Å². The number of nitrogens with zero attached hydrogens (tertiary/aromatic N) is 4. The molecule has 0 amide bonds. The highest BCUT2D eigenvalue weighted by molar-refractivity contribution is 6.11. The van der Waals surface area contributed by atoms with E-state index in [0.29, 0.717) is 12.1 Å². The number of rotatable bonds is 9. The largest absolute Gasteiger partial charge is 0.450 e. The summed E-state index contributed by atoms with van der Waals surface area (Å²) in [5, 5.41) is 12.5. The van der Waals surface area contributed by atoms with Gasteiger partial charge in [0.25, 0.3) is 0 Å². The molecule has 2 aromatic carbocycles. The first kappa shape index (κ1) is 35.1. The first-order chi connectivity index (χ1) is 23.3. The second kappa shape index (κ2) is 16.3. The highest BCUT2D eigenvalue weighted by Gasteiger charge is 2.47. The standard InChI is InChI=1S/C22H31NO3.C18H19N3O/c1-3-23(4-2)17-11-12-18-26-21(24)22(25,19-13-7-5-8-14-19)20-15-9-6-10-16-20;1-12-19-9-10-21(12)11-13-7-8-16-17(18(13)22)14-5-3-4-6-15(14)20(16)2/h5,7-8,13-14,20,25H,3-4,6,9-10,15-18H2,1-2H3;3-6,9-10,13H,7-8,11H2,1-2H3. The number of carbonyl (C=O) groups excluding carboxylic acids is 2. The Hall–Kier alpha value is -4.19. The van der Waals surface area contributed by atoms with E-state index in [0.717, 1.165) is 86.9 Å². The second-order valence-electron chi connectivity index (χ2n) is 13.0. The average molecular weight is 651 g/mol. The van der Waals surface area contributed by atoms with Gasteiger partial charge in [0.2, 0.25) is 0 Å². The summed E-state index contributed by atoms with van der Waals surface area (Å²) >= 11 is 0. The molecular weight excluding hydrogens is 600 g/mol.